The van der Waals surface area contributed by atoms with Gasteiger partial charge in [-0.1, -0.05) is 309 Å². The van der Waals surface area contributed by atoms with Gasteiger partial charge in [-0.2, -0.15) is 0 Å². The molecule has 0 aromatic rings. The van der Waals surface area contributed by atoms with Crippen LogP contribution in [0.15, 0.2) is 12.2 Å². The fraction of sp³-hybridized carbons (Fsp3) is 0.948. The molecule has 0 aliphatic rings. The molecule has 0 aliphatic carbocycles. The Morgan fingerprint density at radius 1 is 0.350 bits per heavy atom. The summed E-state index contributed by atoms with van der Waals surface area (Å²) in [7, 11) is 0. The second kappa shape index (κ2) is 54.3. The zero-order valence-corrected chi connectivity index (χ0v) is 42.1. The summed E-state index contributed by atoms with van der Waals surface area (Å²) >= 11 is 0. The van der Waals surface area contributed by atoms with Gasteiger partial charge in [-0.05, 0) is 44.4 Å². The predicted molar refractivity (Wildman–Crippen MR) is 271 cm³/mol. The number of carbonyl (C=O) groups excluding carboxylic acids is 1. The molecule has 0 fully saturated rings. The van der Waals surface area contributed by atoms with E-state index in [1.807, 2.05) is 0 Å². The average molecular weight is 844 g/mol. The lowest BCUT2D eigenvalue weighted by Crippen LogP contribution is -2.05. The molecule has 0 rings (SSSR count). The molecule has 0 N–H and O–H groups in total. The van der Waals surface area contributed by atoms with Crippen LogP contribution in [0.2, 0.25) is 0 Å². The van der Waals surface area contributed by atoms with Gasteiger partial charge in [-0.15, -0.1) is 0 Å². The number of hydrogen-bond acceptors (Lipinski definition) is 2. The van der Waals surface area contributed by atoms with Crippen LogP contribution >= 0.6 is 0 Å². The molecule has 0 saturated carbocycles. The van der Waals surface area contributed by atoms with Crippen molar-refractivity contribution >= 4 is 5.97 Å². The standard InChI is InChI=1S/C58H114O2/c1-4-6-7-8-9-10-11-12-13-14-15-24-28-31-34-37-40-43-46-49-52-55-58(59)60-56-53-50-47-44-41-38-35-32-29-26-23-21-19-17-16-18-20-22-25-27-30-33-36-39-42-45-48-51-54-57(3)5-2/h12-13,57H,4-11,14-56H2,1-3H3. The Balaban J connectivity index is 3.16. The normalized spacial score (nSPS) is 12.2. The summed E-state index contributed by atoms with van der Waals surface area (Å²) in [6.07, 6.45) is 73.8. The SMILES string of the molecule is CCCCCCCCC=CCCCCCCCCCCCCCC(=O)OCCCCCCCCCCCCCCCCCCCCCCCCCCCCCCC(C)CC. The van der Waals surface area contributed by atoms with E-state index in [1.165, 1.54) is 302 Å². The molecule has 0 aromatic carbocycles. The number of ether oxygens (including phenoxy) is 1. The summed E-state index contributed by atoms with van der Waals surface area (Å²) in [5.41, 5.74) is 0. The van der Waals surface area contributed by atoms with E-state index in [0.29, 0.717) is 13.0 Å². The Morgan fingerprint density at radius 2 is 0.617 bits per heavy atom. The van der Waals surface area contributed by atoms with Crippen LogP contribution < -0.4 is 0 Å². The Bertz CT molecular complexity index is 803. The summed E-state index contributed by atoms with van der Waals surface area (Å²) in [6, 6.07) is 0. The van der Waals surface area contributed by atoms with Gasteiger partial charge in [0.05, 0.1) is 6.61 Å². The van der Waals surface area contributed by atoms with Gasteiger partial charge in [0.25, 0.3) is 0 Å². The van der Waals surface area contributed by atoms with E-state index in [-0.39, 0.29) is 5.97 Å². The maximum Gasteiger partial charge on any atom is 0.305 e. The second-order valence-corrected chi connectivity index (χ2v) is 19.9. The van der Waals surface area contributed by atoms with Crippen LogP contribution in [0.25, 0.3) is 0 Å². The van der Waals surface area contributed by atoms with E-state index in [9.17, 15) is 4.79 Å². The lowest BCUT2D eigenvalue weighted by Gasteiger charge is -2.07. The summed E-state index contributed by atoms with van der Waals surface area (Å²) in [4.78, 5) is 12.1. The first kappa shape index (κ1) is 59.2. The molecule has 0 spiro atoms. The molecule has 0 bridgehead atoms. The van der Waals surface area contributed by atoms with Crippen molar-refractivity contribution in [2.24, 2.45) is 5.92 Å². The average Bonchev–Trinajstić information content (AvgIpc) is 3.25. The van der Waals surface area contributed by atoms with Crippen LogP contribution in [-0.2, 0) is 9.53 Å². The van der Waals surface area contributed by atoms with Gasteiger partial charge in [0.15, 0.2) is 0 Å². The molecule has 0 aliphatic heterocycles. The van der Waals surface area contributed by atoms with Gasteiger partial charge < -0.3 is 4.74 Å². The van der Waals surface area contributed by atoms with E-state index in [2.05, 4.69) is 32.9 Å². The summed E-state index contributed by atoms with van der Waals surface area (Å²) < 4.78 is 5.51. The molecular weight excluding hydrogens is 729 g/mol. The van der Waals surface area contributed by atoms with Crippen molar-refractivity contribution in [2.75, 3.05) is 6.61 Å². The number of hydrogen-bond donors (Lipinski definition) is 0. The highest BCUT2D eigenvalue weighted by molar-refractivity contribution is 5.69. The molecular formula is C58H114O2. The monoisotopic (exact) mass is 843 g/mol. The Labute approximate surface area is 380 Å². The van der Waals surface area contributed by atoms with Crippen LogP contribution in [0.4, 0.5) is 0 Å². The first-order valence-electron chi connectivity index (χ1n) is 28.5. The number of esters is 1. The third kappa shape index (κ3) is 53.3. The molecule has 0 heterocycles. The van der Waals surface area contributed by atoms with E-state index >= 15 is 0 Å². The minimum Gasteiger partial charge on any atom is -0.466 e. The molecule has 358 valence electrons. The summed E-state index contributed by atoms with van der Waals surface area (Å²) in [5, 5.41) is 0. The number of rotatable bonds is 53. The van der Waals surface area contributed by atoms with Crippen LogP contribution in [0.3, 0.4) is 0 Å². The maximum atomic E-state index is 12.1. The number of unbranched alkanes of at least 4 members (excludes halogenated alkanes) is 44. The number of carbonyl (C=O) groups is 1. The number of allylic oxidation sites excluding steroid dienone is 2. The highest BCUT2D eigenvalue weighted by Gasteiger charge is 2.03. The molecule has 1 unspecified atom stereocenters. The highest BCUT2D eigenvalue weighted by Crippen LogP contribution is 2.19. The highest BCUT2D eigenvalue weighted by atomic mass is 16.5. The first-order chi connectivity index (χ1) is 29.7. The van der Waals surface area contributed by atoms with Crippen molar-refractivity contribution in [3.05, 3.63) is 12.2 Å². The van der Waals surface area contributed by atoms with E-state index in [0.717, 1.165) is 18.8 Å². The van der Waals surface area contributed by atoms with Gasteiger partial charge in [0.2, 0.25) is 0 Å². The van der Waals surface area contributed by atoms with Crippen LogP contribution in [0, 0.1) is 5.92 Å². The molecule has 2 heteroatoms. The molecule has 60 heavy (non-hydrogen) atoms. The predicted octanol–water partition coefficient (Wildman–Crippen LogP) is 21.3. The van der Waals surface area contributed by atoms with Crippen molar-refractivity contribution in [3.63, 3.8) is 0 Å². The van der Waals surface area contributed by atoms with Crippen molar-refractivity contribution in [1.29, 1.82) is 0 Å². The topological polar surface area (TPSA) is 26.3 Å². The van der Waals surface area contributed by atoms with Gasteiger partial charge in [0.1, 0.15) is 0 Å². The maximum absolute atomic E-state index is 12.1. The van der Waals surface area contributed by atoms with E-state index < -0.39 is 0 Å². The molecule has 0 aromatic heterocycles. The Morgan fingerprint density at radius 3 is 0.933 bits per heavy atom. The largest absolute Gasteiger partial charge is 0.466 e. The van der Waals surface area contributed by atoms with Crippen LogP contribution in [-0.4, -0.2) is 12.6 Å². The second-order valence-electron chi connectivity index (χ2n) is 19.9. The summed E-state index contributed by atoms with van der Waals surface area (Å²) in [6.45, 7) is 7.65. The van der Waals surface area contributed by atoms with Crippen molar-refractivity contribution in [1.82, 2.24) is 0 Å². The van der Waals surface area contributed by atoms with Crippen molar-refractivity contribution in [3.8, 4) is 0 Å². The van der Waals surface area contributed by atoms with Gasteiger partial charge in [-0.3, -0.25) is 4.79 Å². The molecule has 0 amide bonds. The smallest absolute Gasteiger partial charge is 0.305 e. The lowest BCUT2D eigenvalue weighted by molar-refractivity contribution is -0.143. The van der Waals surface area contributed by atoms with Crippen molar-refractivity contribution in [2.45, 2.75) is 342 Å². The molecule has 2 nitrogen and oxygen atoms in total. The van der Waals surface area contributed by atoms with E-state index in [4.69, 9.17) is 4.74 Å². The molecule has 1 atom stereocenters. The zero-order chi connectivity index (χ0) is 43.3. The quantitative estimate of drug-likeness (QED) is 0.0346. The van der Waals surface area contributed by atoms with Crippen LogP contribution in [0.1, 0.15) is 342 Å². The Hall–Kier alpha value is -0.790. The third-order valence-corrected chi connectivity index (χ3v) is 13.7. The fourth-order valence-electron chi connectivity index (χ4n) is 9.05. The summed E-state index contributed by atoms with van der Waals surface area (Å²) in [5.74, 6) is 0.970. The zero-order valence-electron chi connectivity index (χ0n) is 42.1. The third-order valence-electron chi connectivity index (χ3n) is 13.7. The lowest BCUT2D eigenvalue weighted by atomic mass is 9.99. The van der Waals surface area contributed by atoms with Gasteiger partial charge in [-0.25, -0.2) is 0 Å². The Kier molecular flexibility index (Phi) is 53.6. The van der Waals surface area contributed by atoms with Crippen LogP contribution in [0.5, 0.6) is 0 Å². The van der Waals surface area contributed by atoms with E-state index in [1.54, 1.807) is 0 Å². The minimum atomic E-state index is 0.0312. The molecule has 0 radical (unpaired) electrons. The fourth-order valence-corrected chi connectivity index (χ4v) is 9.05. The van der Waals surface area contributed by atoms with Gasteiger partial charge >= 0.3 is 5.97 Å². The van der Waals surface area contributed by atoms with Crippen molar-refractivity contribution < 1.29 is 9.53 Å². The minimum absolute atomic E-state index is 0.0312. The van der Waals surface area contributed by atoms with Gasteiger partial charge in [0, 0.05) is 6.42 Å². The first-order valence-corrected chi connectivity index (χ1v) is 28.5. The molecule has 0 saturated heterocycles.